The van der Waals surface area contributed by atoms with Crippen molar-refractivity contribution < 1.29 is 22.4 Å². The molecule has 0 aliphatic heterocycles. The van der Waals surface area contributed by atoms with Crippen molar-refractivity contribution in [3.8, 4) is 0 Å². The molecule has 3 nitrogen and oxygen atoms in total. The van der Waals surface area contributed by atoms with Crippen molar-refractivity contribution in [1.29, 1.82) is 0 Å². The number of isocyanates is 1. The first-order chi connectivity index (χ1) is 8.38. The Morgan fingerprint density at radius 1 is 1.33 bits per heavy atom. The molecule has 0 bridgehead atoms. The van der Waals surface area contributed by atoms with Crippen LogP contribution in [0.3, 0.4) is 0 Å². The lowest BCUT2D eigenvalue weighted by molar-refractivity contribution is -0.142. The zero-order chi connectivity index (χ0) is 13.5. The Kier molecular flexibility index (Phi) is 2.71. The molecule has 0 saturated carbocycles. The predicted molar refractivity (Wildman–Crippen MR) is 55.7 cm³/mol. The fraction of sp³-hybridized carbons (Fsp3) is 0.182. The predicted octanol–water partition coefficient (Wildman–Crippen LogP) is 3.30. The molecule has 1 heterocycles. The molecular weight excluding hydrogens is 252 g/mol. The molecule has 0 spiro atoms. The van der Waals surface area contributed by atoms with Gasteiger partial charge in [-0.2, -0.15) is 18.2 Å². The maximum atomic E-state index is 13.5. The maximum absolute atomic E-state index is 13.5. The molecule has 0 atom stereocenters. The normalized spacial score (nSPS) is 11.6. The van der Waals surface area contributed by atoms with Gasteiger partial charge in [0.25, 0.3) is 0 Å². The monoisotopic (exact) mass is 258 g/mol. The smallest absolute Gasteiger partial charge is 0.336 e. The lowest BCUT2D eigenvalue weighted by atomic mass is 10.2. The molecule has 94 valence electrons. The van der Waals surface area contributed by atoms with E-state index in [-0.39, 0.29) is 10.9 Å². The highest BCUT2D eigenvalue weighted by Gasteiger charge is 2.39. The molecule has 2 aromatic rings. The van der Waals surface area contributed by atoms with Gasteiger partial charge in [0, 0.05) is 12.4 Å². The third kappa shape index (κ3) is 1.69. The lowest BCUT2D eigenvalue weighted by Gasteiger charge is -2.08. The molecule has 0 N–H and O–H groups in total. The first-order valence-electron chi connectivity index (χ1n) is 4.80. The quantitative estimate of drug-likeness (QED) is 0.439. The molecule has 0 fully saturated rings. The topological polar surface area (TPSA) is 34.4 Å². The summed E-state index contributed by atoms with van der Waals surface area (Å²) in [6.45, 7) is 0. The van der Waals surface area contributed by atoms with Crippen molar-refractivity contribution in [3.63, 3.8) is 0 Å². The van der Waals surface area contributed by atoms with E-state index in [0.717, 1.165) is 19.2 Å². The summed E-state index contributed by atoms with van der Waals surface area (Å²) in [4.78, 5) is 13.3. The summed E-state index contributed by atoms with van der Waals surface area (Å²) in [5.41, 5.74) is -2.04. The van der Waals surface area contributed by atoms with Gasteiger partial charge >= 0.3 is 6.18 Å². The Bertz CT molecular complexity index is 666. The van der Waals surface area contributed by atoms with E-state index in [0.29, 0.717) is 4.57 Å². The lowest BCUT2D eigenvalue weighted by Crippen LogP contribution is -2.11. The maximum Gasteiger partial charge on any atom is 0.433 e. The number of alkyl halides is 3. The zero-order valence-electron chi connectivity index (χ0n) is 9.05. The summed E-state index contributed by atoms with van der Waals surface area (Å²) in [6.07, 6.45) is -3.68. The van der Waals surface area contributed by atoms with E-state index >= 15 is 0 Å². The van der Waals surface area contributed by atoms with Gasteiger partial charge in [0.1, 0.15) is 11.5 Å². The Morgan fingerprint density at radius 2 is 2.00 bits per heavy atom. The molecule has 18 heavy (non-hydrogen) atoms. The van der Waals surface area contributed by atoms with Crippen molar-refractivity contribution in [2.45, 2.75) is 6.18 Å². The molecule has 2 rings (SSSR count). The second-order valence-corrected chi connectivity index (χ2v) is 3.59. The fourth-order valence-corrected chi connectivity index (χ4v) is 1.93. The summed E-state index contributed by atoms with van der Waals surface area (Å²) in [7, 11) is 1.07. The highest BCUT2D eigenvalue weighted by Crippen LogP contribution is 2.42. The van der Waals surface area contributed by atoms with Crippen LogP contribution in [0.25, 0.3) is 10.9 Å². The molecule has 1 aromatic heterocycles. The average molecular weight is 258 g/mol. The number of hydrogen-bond acceptors (Lipinski definition) is 2. The van der Waals surface area contributed by atoms with Crippen molar-refractivity contribution >= 4 is 22.7 Å². The Hall–Kier alpha value is -2.14. The number of rotatable bonds is 1. The number of aliphatic imine (C=N–C) groups is 1. The minimum Gasteiger partial charge on any atom is -0.336 e. The van der Waals surface area contributed by atoms with E-state index in [4.69, 9.17) is 0 Å². The van der Waals surface area contributed by atoms with Crippen LogP contribution in [0.15, 0.2) is 23.2 Å². The first kappa shape index (κ1) is 12.3. The average Bonchev–Trinajstić information content (AvgIpc) is 2.53. The SMILES string of the molecule is Cn1c(C(F)(F)F)c(N=C=O)c2cccc(F)c21. The number of carbonyl (C=O) groups excluding carboxylic acids is 1. The van der Waals surface area contributed by atoms with Crippen LogP contribution >= 0.6 is 0 Å². The van der Waals surface area contributed by atoms with Crippen LogP contribution in [0.5, 0.6) is 0 Å². The van der Waals surface area contributed by atoms with Crippen LogP contribution in [0.2, 0.25) is 0 Å². The van der Waals surface area contributed by atoms with E-state index in [1.165, 1.54) is 12.1 Å². The van der Waals surface area contributed by atoms with E-state index in [1.54, 1.807) is 0 Å². The van der Waals surface area contributed by atoms with Crippen LogP contribution in [-0.2, 0) is 18.0 Å². The molecule has 7 heteroatoms. The largest absolute Gasteiger partial charge is 0.433 e. The van der Waals surface area contributed by atoms with Gasteiger partial charge in [-0.25, -0.2) is 9.18 Å². The number of para-hydroxylation sites is 1. The summed E-state index contributed by atoms with van der Waals surface area (Å²) in [6, 6.07) is 3.56. The fourth-order valence-electron chi connectivity index (χ4n) is 1.93. The number of nitrogens with zero attached hydrogens (tertiary/aromatic N) is 2. The first-order valence-corrected chi connectivity index (χ1v) is 4.80. The summed E-state index contributed by atoms with van der Waals surface area (Å²) in [5, 5.41) is -0.0758. The van der Waals surface area contributed by atoms with Crippen LogP contribution in [-0.4, -0.2) is 10.6 Å². The highest BCUT2D eigenvalue weighted by molar-refractivity contribution is 5.95. The molecule has 0 aliphatic carbocycles. The number of benzene rings is 1. The summed E-state index contributed by atoms with van der Waals surface area (Å²) in [5.74, 6) is -0.812. The van der Waals surface area contributed by atoms with Gasteiger partial charge in [0.2, 0.25) is 6.08 Å². The minimum absolute atomic E-state index is 0.0758. The summed E-state index contributed by atoms with van der Waals surface area (Å²) >= 11 is 0. The van der Waals surface area contributed by atoms with Gasteiger partial charge in [-0.05, 0) is 6.07 Å². The molecule has 0 amide bonds. The van der Waals surface area contributed by atoms with E-state index in [2.05, 4.69) is 4.99 Å². The van der Waals surface area contributed by atoms with Gasteiger partial charge < -0.3 is 4.57 Å². The van der Waals surface area contributed by atoms with Crippen LogP contribution in [0.1, 0.15) is 5.69 Å². The molecule has 0 saturated heterocycles. The van der Waals surface area contributed by atoms with E-state index in [9.17, 15) is 22.4 Å². The van der Waals surface area contributed by atoms with Gasteiger partial charge in [-0.15, -0.1) is 0 Å². The molecular formula is C11H6F4N2O. The van der Waals surface area contributed by atoms with E-state index in [1.807, 2.05) is 0 Å². The second kappa shape index (κ2) is 3.96. The van der Waals surface area contributed by atoms with Crippen molar-refractivity contribution in [1.82, 2.24) is 4.57 Å². The van der Waals surface area contributed by atoms with Crippen molar-refractivity contribution in [3.05, 3.63) is 29.7 Å². The van der Waals surface area contributed by atoms with Gasteiger partial charge in [-0.1, -0.05) is 12.1 Å². The molecule has 0 unspecified atom stereocenters. The molecule has 1 aromatic carbocycles. The highest BCUT2D eigenvalue weighted by atomic mass is 19.4. The van der Waals surface area contributed by atoms with Gasteiger partial charge in [0.15, 0.2) is 5.69 Å². The second-order valence-electron chi connectivity index (χ2n) is 3.59. The van der Waals surface area contributed by atoms with Gasteiger partial charge in [0.05, 0.1) is 5.52 Å². The van der Waals surface area contributed by atoms with Crippen molar-refractivity contribution in [2.75, 3.05) is 0 Å². The van der Waals surface area contributed by atoms with Crippen LogP contribution < -0.4 is 0 Å². The number of fused-ring (bicyclic) bond motifs is 1. The van der Waals surface area contributed by atoms with Crippen LogP contribution in [0.4, 0.5) is 23.2 Å². The molecule has 0 aliphatic rings. The third-order valence-electron chi connectivity index (χ3n) is 2.56. The van der Waals surface area contributed by atoms with E-state index < -0.39 is 23.4 Å². The molecule has 0 radical (unpaired) electrons. The third-order valence-corrected chi connectivity index (χ3v) is 2.56. The zero-order valence-corrected chi connectivity index (χ0v) is 9.05. The number of hydrogen-bond donors (Lipinski definition) is 0. The van der Waals surface area contributed by atoms with Gasteiger partial charge in [-0.3, -0.25) is 0 Å². The standard InChI is InChI=1S/C11H6F4N2O/c1-17-9-6(3-2-4-7(9)12)8(16-5-18)10(17)11(13,14)15/h2-4H,1H3. The Morgan fingerprint density at radius 3 is 2.56 bits per heavy atom. The number of halogens is 4. The number of aromatic nitrogens is 1. The van der Waals surface area contributed by atoms with Crippen molar-refractivity contribution in [2.24, 2.45) is 12.0 Å². The van der Waals surface area contributed by atoms with Crippen LogP contribution in [0, 0.1) is 5.82 Å². The summed E-state index contributed by atoms with van der Waals surface area (Å²) < 4.78 is 52.8. The Labute approximate surface area is 98.3 Å². The minimum atomic E-state index is -4.74. The number of aryl methyl sites for hydroxylation is 1. The Balaban J connectivity index is 3.01.